The van der Waals surface area contributed by atoms with Crippen LogP contribution in [-0.4, -0.2) is 16.5 Å². The third-order valence-electron chi connectivity index (χ3n) is 2.91. The van der Waals surface area contributed by atoms with Gasteiger partial charge in [0.2, 0.25) is 0 Å². The highest BCUT2D eigenvalue weighted by atomic mass is 19.1. The fraction of sp³-hybridized carbons (Fsp3) is 0.0667. The molecule has 22 heavy (non-hydrogen) atoms. The molecule has 1 amide bonds. The minimum Gasteiger partial charge on any atom is -0.267 e. The smallest absolute Gasteiger partial charge is 0.267 e. The van der Waals surface area contributed by atoms with Gasteiger partial charge in [-0.05, 0) is 30.7 Å². The Hall–Kier alpha value is -3.09. The number of nitro benzene ring substituents is 1. The molecule has 0 aliphatic heterocycles. The Morgan fingerprint density at radius 1 is 1.18 bits per heavy atom. The summed E-state index contributed by atoms with van der Waals surface area (Å²) in [5.74, 6) is -0.928. The van der Waals surface area contributed by atoms with E-state index in [0.29, 0.717) is 11.3 Å². The molecule has 2 rings (SSSR count). The van der Waals surface area contributed by atoms with Gasteiger partial charge in [0.25, 0.3) is 11.6 Å². The molecule has 0 aromatic heterocycles. The number of nitro groups is 1. The first-order chi connectivity index (χ1) is 10.5. The van der Waals surface area contributed by atoms with Gasteiger partial charge in [0.1, 0.15) is 5.82 Å². The Kier molecular flexibility index (Phi) is 4.57. The summed E-state index contributed by atoms with van der Waals surface area (Å²) in [6, 6.07) is 11.0. The average Bonchev–Trinajstić information content (AvgIpc) is 2.53. The molecule has 0 unspecified atom stereocenters. The van der Waals surface area contributed by atoms with Crippen LogP contribution < -0.4 is 5.43 Å². The van der Waals surface area contributed by atoms with Crippen molar-refractivity contribution in [1.29, 1.82) is 0 Å². The molecule has 0 heterocycles. The van der Waals surface area contributed by atoms with Crippen LogP contribution in [-0.2, 0) is 0 Å². The van der Waals surface area contributed by atoms with Crippen molar-refractivity contribution in [2.45, 2.75) is 6.92 Å². The summed E-state index contributed by atoms with van der Waals surface area (Å²) in [7, 11) is 0. The molecule has 6 nitrogen and oxygen atoms in total. The molecule has 0 atom stereocenters. The van der Waals surface area contributed by atoms with E-state index in [-0.39, 0.29) is 17.1 Å². The van der Waals surface area contributed by atoms with Gasteiger partial charge in [-0.25, -0.2) is 9.82 Å². The van der Waals surface area contributed by atoms with Crippen molar-refractivity contribution in [3.8, 4) is 0 Å². The lowest BCUT2D eigenvalue weighted by molar-refractivity contribution is -0.384. The molecule has 2 aromatic rings. The second-order valence-corrected chi connectivity index (χ2v) is 4.45. The van der Waals surface area contributed by atoms with Crippen molar-refractivity contribution >= 4 is 17.3 Å². The molecule has 0 fully saturated rings. The second kappa shape index (κ2) is 6.57. The van der Waals surface area contributed by atoms with Crippen LogP contribution in [0.3, 0.4) is 0 Å². The van der Waals surface area contributed by atoms with Gasteiger partial charge >= 0.3 is 0 Å². The highest BCUT2D eigenvalue weighted by Crippen LogP contribution is 2.13. The SMILES string of the molecule is C/C(=N\NC(=O)c1cccc([N+](=O)[O-])c1)c1ccc(F)cc1. The molecule has 2 aromatic carbocycles. The van der Waals surface area contributed by atoms with E-state index in [2.05, 4.69) is 10.5 Å². The van der Waals surface area contributed by atoms with Gasteiger partial charge < -0.3 is 0 Å². The van der Waals surface area contributed by atoms with Crippen molar-refractivity contribution in [3.63, 3.8) is 0 Å². The number of hydrogen-bond donors (Lipinski definition) is 1. The first-order valence-corrected chi connectivity index (χ1v) is 6.32. The minimum atomic E-state index is -0.580. The molecule has 0 saturated heterocycles. The predicted octanol–water partition coefficient (Wildman–Crippen LogP) is 2.89. The van der Waals surface area contributed by atoms with Crippen molar-refractivity contribution in [3.05, 3.63) is 75.6 Å². The van der Waals surface area contributed by atoms with Gasteiger partial charge in [-0.2, -0.15) is 5.10 Å². The summed E-state index contributed by atoms with van der Waals surface area (Å²) in [5, 5.41) is 14.6. The molecule has 112 valence electrons. The Balaban J connectivity index is 2.11. The molecule has 7 heteroatoms. The van der Waals surface area contributed by atoms with E-state index in [0.717, 1.165) is 6.07 Å². The molecule has 1 N–H and O–H groups in total. The van der Waals surface area contributed by atoms with Crippen LogP contribution in [0.5, 0.6) is 0 Å². The number of nitrogens with one attached hydrogen (secondary N) is 1. The van der Waals surface area contributed by atoms with E-state index in [1.165, 1.54) is 42.5 Å². The summed E-state index contributed by atoms with van der Waals surface area (Å²) >= 11 is 0. The lowest BCUT2D eigenvalue weighted by Gasteiger charge is -2.03. The molecule has 0 bridgehead atoms. The maximum absolute atomic E-state index is 12.8. The number of non-ortho nitro benzene ring substituents is 1. The molecular formula is C15H12FN3O3. The first-order valence-electron chi connectivity index (χ1n) is 6.32. The maximum atomic E-state index is 12.8. The molecule has 0 aliphatic rings. The number of benzene rings is 2. The summed E-state index contributed by atoms with van der Waals surface area (Å²) < 4.78 is 12.8. The Morgan fingerprint density at radius 2 is 1.86 bits per heavy atom. The first kappa shape index (κ1) is 15.3. The van der Waals surface area contributed by atoms with E-state index in [4.69, 9.17) is 0 Å². The van der Waals surface area contributed by atoms with E-state index in [1.54, 1.807) is 6.92 Å². The van der Waals surface area contributed by atoms with E-state index in [9.17, 15) is 19.3 Å². The van der Waals surface area contributed by atoms with Crippen molar-refractivity contribution < 1.29 is 14.1 Å². The van der Waals surface area contributed by atoms with Crippen LogP contribution in [0.1, 0.15) is 22.8 Å². The Labute approximate surface area is 125 Å². The zero-order valence-electron chi connectivity index (χ0n) is 11.6. The van der Waals surface area contributed by atoms with Crippen LogP contribution in [0, 0.1) is 15.9 Å². The van der Waals surface area contributed by atoms with E-state index >= 15 is 0 Å². The number of rotatable bonds is 4. The number of halogens is 1. The second-order valence-electron chi connectivity index (χ2n) is 4.45. The van der Waals surface area contributed by atoms with Crippen LogP contribution >= 0.6 is 0 Å². The fourth-order valence-electron chi connectivity index (χ4n) is 1.72. The Bertz CT molecular complexity index is 742. The Morgan fingerprint density at radius 3 is 2.50 bits per heavy atom. The third kappa shape index (κ3) is 3.72. The van der Waals surface area contributed by atoms with Gasteiger partial charge in [-0.3, -0.25) is 14.9 Å². The minimum absolute atomic E-state index is 0.129. The standard InChI is InChI=1S/C15H12FN3O3/c1-10(11-5-7-13(16)8-6-11)17-18-15(20)12-3-2-4-14(9-12)19(21)22/h2-9H,1H3,(H,18,20)/b17-10+. The molecule has 0 saturated carbocycles. The average molecular weight is 301 g/mol. The number of carbonyl (C=O) groups excluding carboxylic acids is 1. The molecule has 0 aliphatic carbocycles. The van der Waals surface area contributed by atoms with E-state index < -0.39 is 10.8 Å². The molecular weight excluding hydrogens is 289 g/mol. The summed E-state index contributed by atoms with van der Waals surface area (Å²) in [5.41, 5.74) is 3.40. The zero-order valence-corrected chi connectivity index (χ0v) is 11.6. The largest absolute Gasteiger partial charge is 0.271 e. The van der Waals surface area contributed by atoms with E-state index in [1.807, 2.05) is 0 Å². The lowest BCUT2D eigenvalue weighted by Crippen LogP contribution is -2.19. The summed E-state index contributed by atoms with van der Waals surface area (Å²) in [4.78, 5) is 22.0. The third-order valence-corrected chi connectivity index (χ3v) is 2.91. The number of amides is 1. The fourth-order valence-corrected chi connectivity index (χ4v) is 1.72. The van der Waals surface area contributed by atoms with Gasteiger partial charge in [-0.15, -0.1) is 0 Å². The number of hydrogen-bond acceptors (Lipinski definition) is 4. The van der Waals surface area contributed by atoms with Gasteiger partial charge in [0.15, 0.2) is 0 Å². The predicted molar refractivity (Wildman–Crippen MR) is 79.2 cm³/mol. The number of carbonyl (C=O) groups is 1. The van der Waals surface area contributed by atoms with Crippen LogP contribution in [0.4, 0.5) is 10.1 Å². The highest BCUT2D eigenvalue weighted by molar-refractivity contribution is 6.00. The monoisotopic (exact) mass is 301 g/mol. The summed E-state index contributed by atoms with van der Waals surface area (Å²) in [6.45, 7) is 1.65. The quantitative estimate of drug-likeness (QED) is 0.535. The van der Waals surface area contributed by atoms with Crippen LogP contribution in [0.2, 0.25) is 0 Å². The summed E-state index contributed by atoms with van der Waals surface area (Å²) in [6.07, 6.45) is 0. The van der Waals surface area contributed by atoms with Crippen LogP contribution in [0.25, 0.3) is 0 Å². The van der Waals surface area contributed by atoms with Gasteiger partial charge in [-0.1, -0.05) is 18.2 Å². The van der Waals surface area contributed by atoms with Crippen molar-refractivity contribution in [2.24, 2.45) is 5.10 Å². The molecule has 0 radical (unpaired) electrons. The maximum Gasteiger partial charge on any atom is 0.271 e. The number of nitrogens with zero attached hydrogens (tertiary/aromatic N) is 2. The van der Waals surface area contributed by atoms with Crippen molar-refractivity contribution in [1.82, 2.24) is 5.43 Å². The number of hydrazone groups is 1. The lowest BCUT2D eigenvalue weighted by atomic mass is 10.1. The zero-order chi connectivity index (χ0) is 16.1. The van der Waals surface area contributed by atoms with Crippen LogP contribution in [0.15, 0.2) is 53.6 Å². The van der Waals surface area contributed by atoms with Crippen molar-refractivity contribution in [2.75, 3.05) is 0 Å². The topological polar surface area (TPSA) is 84.6 Å². The molecule has 0 spiro atoms. The normalized spacial score (nSPS) is 11.1. The van der Waals surface area contributed by atoms with Gasteiger partial charge in [0.05, 0.1) is 10.6 Å². The highest BCUT2D eigenvalue weighted by Gasteiger charge is 2.11. The van der Waals surface area contributed by atoms with Gasteiger partial charge in [0, 0.05) is 17.7 Å².